The fourth-order valence-corrected chi connectivity index (χ4v) is 1.48. The fraction of sp³-hybridized carbons (Fsp3) is 0.417. The van der Waals surface area contributed by atoms with Crippen LogP contribution in [-0.4, -0.2) is 35.3 Å². The van der Waals surface area contributed by atoms with E-state index in [4.69, 9.17) is 4.74 Å². The third-order valence-electron chi connectivity index (χ3n) is 2.52. The van der Waals surface area contributed by atoms with Gasteiger partial charge >= 0.3 is 11.7 Å². The van der Waals surface area contributed by atoms with Gasteiger partial charge < -0.3 is 14.6 Å². The summed E-state index contributed by atoms with van der Waals surface area (Å²) in [5.41, 5.74) is -1.63. The van der Waals surface area contributed by atoms with Crippen LogP contribution in [0.5, 0.6) is 5.75 Å². The van der Waals surface area contributed by atoms with Crippen molar-refractivity contribution in [2.75, 3.05) is 13.7 Å². The molecule has 0 bridgehead atoms. The van der Waals surface area contributed by atoms with Gasteiger partial charge in [0.25, 0.3) is 0 Å². The largest absolute Gasteiger partial charge is 0.483 e. The average molecular weight is 269 g/mol. The highest BCUT2D eigenvalue weighted by molar-refractivity contribution is 5.78. The minimum Gasteiger partial charge on any atom is -0.483 e. The lowest BCUT2D eigenvalue weighted by Gasteiger charge is -2.20. The number of hydrogen-bond donors (Lipinski definition) is 1. The van der Waals surface area contributed by atoms with Gasteiger partial charge in [0.05, 0.1) is 12.0 Å². The molecule has 0 heterocycles. The molecule has 1 atom stereocenters. The molecule has 1 rings (SSSR count). The second-order valence-electron chi connectivity index (χ2n) is 4.23. The number of nitro benzene ring substituents is 1. The lowest BCUT2D eigenvalue weighted by molar-refractivity contribution is -0.386. The summed E-state index contributed by atoms with van der Waals surface area (Å²) in [7, 11) is 1.13. The van der Waals surface area contributed by atoms with Gasteiger partial charge in [0.15, 0.2) is 11.4 Å². The second-order valence-corrected chi connectivity index (χ2v) is 4.23. The maximum absolute atomic E-state index is 11.3. The molecule has 0 aromatic heterocycles. The summed E-state index contributed by atoms with van der Waals surface area (Å²) < 4.78 is 9.58. The molecule has 1 aromatic rings. The van der Waals surface area contributed by atoms with Crippen LogP contribution in [0.3, 0.4) is 0 Å². The van der Waals surface area contributed by atoms with E-state index in [1.807, 2.05) is 0 Å². The highest BCUT2D eigenvalue weighted by Crippen LogP contribution is 2.30. The molecule has 1 N–H and O–H groups in total. The van der Waals surface area contributed by atoms with Crippen molar-refractivity contribution >= 4 is 11.7 Å². The predicted octanol–water partition coefficient (Wildman–Crippen LogP) is 1.21. The molecule has 104 valence electrons. The van der Waals surface area contributed by atoms with Crippen molar-refractivity contribution in [1.82, 2.24) is 0 Å². The number of benzene rings is 1. The van der Waals surface area contributed by atoms with Crippen molar-refractivity contribution in [1.29, 1.82) is 0 Å². The van der Waals surface area contributed by atoms with E-state index in [0.717, 1.165) is 7.11 Å². The zero-order chi connectivity index (χ0) is 14.6. The molecule has 0 saturated carbocycles. The van der Waals surface area contributed by atoms with Crippen molar-refractivity contribution in [3.05, 3.63) is 33.9 Å². The molecule has 1 aromatic carbocycles. The number of aliphatic hydroxyl groups is 1. The van der Waals surface area contributed by atoms with Crippen LogP contribution in [0, 0.1) is 17.0 Å². The van der Waals surface area contributed by atoms with Gasteiger partial charge in [-0.3, -0.25) is 10.1 Å². The van der Waals surface area contributed by atoms with Crippen molar-refractivity contribution in [3.63, 3.8) is 0 Å². The molecule has 0 fully saturated rings. The molecular weight excluding hydrogens is 254 g/mol. The Morgan fingerprint density at radius 3 is 2.68 bits per heavy atom. The maximum Gasteiger partial charge on any atom is 0.341 e. The summed E-state index contributed by atoms with van der Waals surface area (Å²) in [5.74, 6) is -0.878. The third kappa shape index (κ3) is 3.41. The van der Waals surface area contributed by atoms with E-state index < -0.39 is 23.1 Å². The number of ether oxygens (including phenoxy) is 2. The fourth-order valence-electron chi connectivity index (χ4n) is 1.48. The third-order valence-corrected chi connectivity index (χ3v) is 2.52. The van der Waals surface area contributed by atoms with Crippen molar-refractivity contribution in [2.45, 2.75) is 19.4 Å². The standard InChI is InChI=1S/C12H15NO6/c1-8-5-4-6-9(10(8)13(16)17)19-7-12(2,15)11(14)18-3/h4-6,15H,7H2,1-3H3. The highest BCUT2D eigenvalue weighted by Gasteiger charge is 2.33. The molecule has 7 nitrogen and oxygen atoms in total. The van der Waals surface area contributed by atoms with Gasteiger partial charge in [0.2, 0.25) is 0 Å². The first-order chi connectivity index (χ1) is 8.79. The van der Waals surface area contributed by atoms with Crippen LogP contribution in [0.2, 0.25) is 0 Å². The van der Waals surface area contributed by atoms with Crippen LogP contribution in [0.25, 0.3) is 0 Å². The molecule has 0 aliphatic rings. The number of aryl methyl sites for hydroxylation is 1. The average Bonchev–Trinajstić information content (AvgIpc) is 2.34. The quantitative estimate of drug-likeness (QED) is 0.490. The van der Waals surface area contributed by atoms with Gasteiger partial charge in [-0.15, -0.1) is 0 Å². The number of nitrogens with zero attached hydrogens (tertiary/aromatic N) is 1. The monoisotopic (exact) mass is 269 g/mol. The number of carbonyl (C=O) groups excluding carboxylic acids is 1. The number of esters is 1. The van der Waals surface area contributed by atoms with Crippen LogP contribution in [0.4, 0.5) is 5.69 Å². The summed E-state index contributed by atoms with van der Waals surface area (Å²) in [4.78, 5) is 21.6. The smallest absolute Gasteiger partial charge is 0.341 e. The summed E-state index contributed by atoms with van der Waals surface area (Å²) in [6, 6.07) is 4.56. The Morgan fingerprint density at radius 2 is 2.16 bits per heavy atom. The summed E-state index contributed by atoms with van der Waals surface area (Å²) in [5, 5.41) is 20.7. The normalized spacial score (nSPS) is 13.5. The van der Waals surface area contributed by atoms with E-state index in [1.54, 1.807) is 19.1 Å². The SMILES string of the molecule is COC(=O)C(C)(O)COc1cccc(C)c1[N+](=O)[O-]. The van der Waals surface area contributed by atoms with Crippen LogP contribution < -0.4 is 4.74 Å². The first kappa shape index (κ1) is 14.9. The molecule has 0 spiro atoms. The minimum atomic E-state index is -1.87. The minimum absolute atomic E-state index is 0.00539. The molecule has 0 radical (unpaired) electrons. The van der Waals surface area contributed by atoms with Gasteiger partial charge in [-0.05, 0) is 19.9 Å². The predicted molar refractivity (Wildman–Crippen MR) is 66.0 cm³/mol. The molecule has 19 heavy (non-hydrogen) atoms. The number of para-hydroxylation sites is 1. The Bertz CT molecular complexity index is 497. The lowest BCUT2D eigenvalue weighted by Crippen LogP contribution is -2.42. The molecular formula is C12H15NO6. The number of rotatable bonds is 5. The van der Waals surface area contributed by atoms with E-state index >= 15 is 0 Å². The van der Waals surface area contributed by atoms with E-state index in [1.165, 1.54) is 13.0 Å². The van der Waals surface area contributed by atoms with E-state index in [-0.39, 0.29) is 11.4 Å². The Morgan fingerprint density at radius 1 is 1.53 bits per heavy atom. The Labute approximate surface area is 109 Å². The van der Waals surface area contributed by atoms with Crippen LogP contribution in [0.1, 0.15) is 12.5 Å². The Balaban J connectivity index is 2.93. The zero-order valence-corrected chi connectivity index (χ0v) is 10.9. The van der Waals surface area contributed by atoms with Gasteiger partial charge in [-0.2, -0.15) is 0 Å². The van der Waals surface area contributed by atoms with Crippen LogP contribution >= 0.6 is 0 Å². The number of carbonyl (C=O) groups is 1. The van der Waals surface area contributed by atoms with E-state index in [9.17, 15) is 20.0 Å². The van der Waals surface area contributed by atoms with Crippen LogP contribution in [-0.2, 0) is 9.53 Å². The van der Waals surface area contributed by atoms with E-state index in [2.05, 4.69) is 4.74 Å². The summed E-state index contributed by atoms with van der Waals surface area (Å²) >= 11 is 0. The first-order valence-electron chi connectivity index (χ1n) is 5.47. The number of methoxy groups -OCH3 is 1. The first-order valence-corrected chi connectivity index (χ1v) is 5.47. The zero-order valence-electron chi connectivity index (χ0n) is 10.9. The number of nitro groups is 1. The van der Waals surface area contributed by atoms with Gasteiger partial charge in [-0.1, -0.05) is 12.1 Å². The van der Waals surface area contributed by atoms with Crippen molar-refractivity contribution < 1.29 is 24.3 Å². The molecule has 7 heteroatoms. The molecule has 0 aliphatic carbocycles. The Hall–Kier alpha value is -2.15. The highest BCUT2D eigenvalue weighted by atomic mass is 16.6. The van der Waals surface area contributed by atoms with Crippen LogP contribution in [0.15, 0.2) is 18.2 Å². The van der Waals surface area contributed by atoms with Gasteiger partial charge in [0.1, 0.15) is 6.61 Å². The molecule has 0 amide bonds. The topological polar surface area (TPSA) is 98.9 Å². The van der Waals surface area contributed by atoms with Gasteiger partial charge in [0, 0.05) is 5.56 Å². The molecule has 0 saturated heterocycles. The summed E-state index contributed by atoms with van der Waals surface area (Å²) in [6.45, 7) is 2.34. The molecule has 1 unspecified atom stereocenters. The van der Waals surface area contributed by atoms with E-state index in [0.29, 0.717) is 5.56 Å². The Kier molecular flexibility index (Phi) is 4.44. The lowest BCUT2D eigenvalue weighted by atomic mass is 10.1. The molecule has 0 aliphatic heterocycles. The number of hydrogen-bond acceptors (Lipinski definition) is 6. The summed E-state index contributed by atoms with van der Waals surface area (Å²) in [6.07, 6.45) is 0. The second kappa shape index (κ2) is 5.66. The van der Waals surface area contributed by atoms with Crippen molar-refractivity contribution in [3.8, 4) is 5.75 Å². The van der Waals surface area contributed by atoms with Crippen molar-refractivity contribution in [2.24, 2.45) is 0 Å². The maximum atomic E-state index is 11.3. The van der Waals surface area contributed by atoms with Gasteiger partial charge in [-0.25, -0.2) is 4.79 Å².